The fourth-order valence-electron chi connectivity index (χ4n) is 2.95. The smallest absolute Gasteiger partial charge is 0.315 e. The average Bonchev–Trinajstić information content (AvgIpc) is 3.06. The Morgan fingerprint density at radius 1 is 1.40 bits per heavy atom. The number of aliphatic hydroxyl groups excluding tert-OH is 1. The SMILES string of the molecule is O=C(NCC1CCCS1)NC1c2ccccc2CC1O. The maximum absolute atomic E-state index is 12.0. The van der Waals surface area contributed by atoms with Crippen molar-refractivity contribution in [2.24, 2.45) is 0 Å². The first-order valence-corrected chi connectivity index (χ1v) is 8.21. The predicted molar refractivity (Wildman–Crippen MR) is 80.9 cm³/mol. The minimum atomic E-state index is -0.529. The molecule has 3 unspecified atom stereocenters. The number of hydrogen-bond acceptors (Lipinski definition) is 3. The van der Waals surface area contributed by atoms with E-state index in [4.69, 9.17) is 0 Å². The third-order valence-corrected chi connectivity index (χ3v) is 5.40. The van der Waals surface area contributed by atoms with Crippen LogP contribution in [0.3, 0.4) is 0 Å². The lowest BCUT2D eigenvalue weighted by Gasteiger charge is -2.19. The quantitative estimate of drug-likeness (QED) is 0.796. The summed E-state index contributed by atoms with van der Waals surface area (Å²) >= 11 is 1.92. The zero-order chi connectivity index (χ0) is 13.9. The lowest BCUT2D eigenvalue weighted by atomic mass is 10.1. The van der Waals surface area contributed by atoms with E-state index in [9.17, 15) is 9.90 Å². The first-order chi connectivity index (χ1) is 9.74. The summed E-state index contributed by atoms with van der Waals surface area (Å²) < 4.78 is 0. The van der Waals surface area contributed by atoms with Crippen LogP contribution in [0.5, 0.6) is 0 Å². The van der Waals surface area contributed by atoms with Crippen molar-refractivity contribution in [3.8, 4) is 0 Å². The van der Waals surface area contributed by atoms with Crippen molar-refractivity contribution in [3.63, 3.8) is 0 Å². The lowest BCUT2D eigenvalue weighted by Crippen LogP contribution is -2.42. The molecule has 1 aromatic rings. The Labute approximate surface area is 123 Å². The largest absolute Gasteiger partial charge is 0.390 e. The molecule has 20 heavy (non-hydrogen) atoms. The van der Waals surface area contributed by atoms with Crippen LogP contribution in [0.25, 0.3) is 0 Å². The fraction of sp³-hybridized carbons (Fsp3) is 0.533. The van der Waals surface area contributed by atoms with Gasteiger partial charge >= 0.3 is 6.03 Å². The first kappa shape index (κ1) is 13.8. The minimum Gasteiger partial charge on any atom is -0.390 e. The maximum atomic E-state index is 12.0. The van der Waals surface area contributed by atoms with Crippen LogP contribution in [-0.2, 0) is 6.42 Å². The summed E-state index contributed by atoms with van der Waals surface area (Å²) in [6.07, 6.45) is 2.51. The molecule has 0 aromatic heterocycles. The third-order valence-electron chi connectivity index (χ3n) is 4.00. The summed E-state index contributed by atoms with van der Waals surface area (Å²) in [4.78, 5) is 12.0. The van der Waals surface area contributed by atoms with Gasteiger partial charge < -0.3 is 15.7 Å². The van der Waals surface area contributed by atoms with Gasteiger partial charge in [0.25, 0.3) is 0 Å². The van der Waals surface area contributed by atoms with Crippen LogP contribution in [0.2, 0.25) is 0 Å². The molecule has 0 bridgehead atoms. The fourth-order valence-corrected chi connectivity index (χ4v) is 4.15. The van der Waals surface area contributed by atoms with E-state index in [1.807, 2.05) is 36.0 Å². The number of carbonyl (C=O) groups is 1. The van der Waals surface area contributed by atoms with Gasteiger partial charge in [0.15, 0.2) is 0 Å². The Morgan fingerprint density at radius 2 is 2.25 bits per heavy atom. The Balaban J connectivity index is 1.55. The summed E-state index contributed by atoms with van der Waals surface area (Å²) in [5.74, 6) is 1.20. The van der Waals surface area contributed by atoms with Crippen LogP contribution in [0.1, 0.15) is 30.0 Å². The number of hydrogen-bond donors (Lipinski definition) is 3. The molecule has 2 aliphatic rings. The highest BCUT2D eigenvalue weighted by Crippen LogP contribution is 2.31. The summed E-state index contributed by atoms with van der Waals surface area (Å²) in [5.41, 5.74) is 2.15. The van der Waals surface area contributed by atoms with Crippen LogP contribution in [-0.4, -0.2) is 34.8 Å². The summed E-state index contributed by atoms with van der Waals surface area (Å²) in [6, 6.07) is 7.42. The van der Waals surface area contributed by atoms with Gasteiger partial charge in [0.2, 0.25) is 0 Å². The second-order valence-corrected chi connectivity index (χ2v) is 6.85. The maximum Gasteiger partial charge on any atom is 0.315 e. The topological polar surface area (TPSA) is 61.4 Å². The number of aliphatic hydroxyl groups is 1. The molecule has 1 aliphatic carbocycles. The van der Waals surface area contributed by atoms with Crippen LogP contribution < -0.4 is 10.6 Å². The molecule has 5 heteroatoms. The molecule has 0 saturated carbocycles. The van der Waals surface area contributed by atoms with E-state index in [2.05, 4.69) is 10.6 Å². The van der Waals surface area contributed by atoms with E-state index < -0.39 is 6.10 Å². The summed E-state index contributed by atoms with van der Waals surface area (Å²) in [7, 11) is 0. The van der Waals surface area contributed by atoms with Gasteiger partial charge in [-0.3, -0.25) is 0 Å². The van der Waals surface area contributed by atoms with Crippen LogP contribution >= 0.6 is 11.8 Å². The highest BCUT2D eigenvalue weighted by Gasteiger charge is 2.31. The highest BCUT2D eigenvalue weighted by molar-refractivity contribution is 8.00. The Bertz CT molecular complexity index is 489. The molecule has 3 atom stereocenters. The number of amides is 2. The number of carbonyl (C=O) groups excluding carboxylic acids is 1. The van der Waals surface area contributed by atoms with Crippen molar-refractivity contribution in [2.75, 3.05) is 12.3 Å². The van der Waals surface area contributed by atoms with Crippen molar-refractivity contribution < 1.29 is 9.90 Å². The standard InChI is InChI=1S/C15H20N2O2S/c18-13-8-10-4-1-2-6-12(10)14(13)17-15(19)16-9-11-5-3-7-20-11/h1-2,4,6,11,13-14,18H,3,5,7-9H2,(H2,16,17,19). The Morgan fingerprint density at radius 3 is 3.05 bits per heavy atom. The van der Waals surface area contributed by atoms with E-state index in [1.165, 1.54) is 18.6 Å². The van der Waals surface area contributed by atoms with Gasteiger partial charge in [-0.2, -0.15) is 11.8 Å². The van der Waals surface area contributed by atoms with Crippen molar-refractivity contribution in [1.82, 2.24) is 10.6 Å². The Hall–Kier alpha value is -1.20. The lowest BCUT2D eigenvalue weighted by molar-refractivity contribution is 0.142. The molecule has 1 aromatic carbocycles. The molecule has 2 amide bonds. The minimum absolute atomic E-state index is 0.182. The van der Waals surface area contributed by atoms with Gasteiger partial charge in [-0.15, -0.1) is 0 Å². The monoisotopic (exact) mass is 292 g/mol. The molecular formula is C15H20N2O2S. The molecule has 1 saturated heterocycles. The number of benzene rings is 1. The zero-order valence-electron chi connectivity index (χ0n) is 11.3. The molecule has 0 radical (unpaired) electrons. The van der Waals surface area contributed by atoms with Gasteiger partial charge in [0.05, 0.1) is 12.1 Å². The normalized spacial score (nSPS) is 28.1. The number of nitrogens with one attached hydrogen (secondary N) is 2. The molecule has 3 N–H and O–H groups in total. The zero-order valence-corrected chi connectivity index (χ0v) is 12.2. The number of urea groups is 1. The number of thioether (sulfide) groups is 1. The molecule has 1 heterocycles. The third kappa shape index (κ3) is 2.94. The molecule has 3 rings (SSSR count). The molecule has 108 valence electrons. The molecule has 4 nitrogen and oxygen atoms in total. The molecule has 0 spiro atoms. The molecule has 1 fully saturated rings. The van der Waals surface area contributed by atoms with Crippen molar-refractivity contribution in [3.05, 3.63) is 35.4 Å². The average molecular weight is 292 g/mol. The second kappa shape index (κ2) is 6.06. The molecular weight excluding hydrogens is 272 g/mol. The summed E-state index contributed by atoms with van der Waals surface area (Å²) in [5, 5.41) is 16.5. The van der Waals surface area contributed by atoms with E-state index in [0.717, 1.165) is 11.1 Å². The van der Waals surface area contributed by atoms with Crippen LogP contribution in [0.4, 0.5) is 4.79 Å². The van der Waals surface area contributed by atoms with Crippen LogP contribution in [0, 0.1) is 0 Å². The predicted octanol–water partition coefficient (Wildman–Crippen LogP) is 1.84. The van der Waals surface area contributed by atoms with Gasteiger partial charge in [-0.05, 0) is 29.7 Å². The highest BCUT2D eigenvalue weighted by atomic mass is 32.2. The van der Waals surface area contributed by atoms with Crippen molar-refractivity contribution >= 4 is 17.8 Å². The number of rotatable bonds is 3. The van der Waals surface area contributed by atoms with Gasteiger partial charge in [0.1, 0.15) is 0 Å². The van der Waals surface area contributed by atoms with Gasteiger partial charge in [-0.25, -0.2) is 4.79 Å². The van der Waals surface area contributed by atoms with E-state index in [1.54, 1.807) is 0 Å². The van der Waals surface area contributed by atoms with Gasteiger partial charge in [0, 0.05) is 18.2 Å². The molecule has 1 aliphatic heterocycles. The summed E-state index contributed by atoms with van der Waals surface area (Å²) in [6.45, 7) is 0.709. The van der Waals surface area contributed by atoms with Crippen molar-refractivity contribution in [2.45, 2.75) is 36.7 Å². The van der Waals surface area contributed by atoms with Crippen molar-refractivity contribution in [1.29, 1.82) is 0 Å². The van der Waals surface area contributed by atoms with Crippen LogP contribution in [0.15, 0.2) is 24.3 Å². The van der Waals surface area contributed by atoms with E-state index in [-0.39, 0.29) is 12.1 Å². The first-order valence-electron chi connectivity index (χ1n) is 7.16. The Kier molecular flexibility index (Phi) is 4.17. The second-order valence-electron chi connectivity index (χ2n) is 5.44. The van der Waals surface area contributed by atoms with Gasteiger partial charge in [-0.1, -0.05) is 24.3 Å². The van der Waals surface area contributed by atoms with E-state index in [0.29, 0.717) is 18.2 Å². The van der Waals surface area contributed by atoms with E-state index >= 15 is 0 Å². The number of fused-ring (bicyclic) bond motifs is 1.